The van der Waals surface area contributed by atoms with Gasteiger partial charge in [-0.2, -0.15) is 0 Å². The Hall–Kier alpha value is -7.94. The summed E-state index contributed by atoms with van der Waals surface area (Å²) < 4.78 is 2.34. The lowest BCUT2D eigenvalue weighted by Gasteiger charge is -2.18. The first kappa shape index (κ1) is 32.5. The van der Waals surface area contributed by atoms with Gasteiger partial charge in [-0.3, -0.25) is 0 Å². The zero-order chi connectivity index (χ0) is 37.9. The van der Waals surface area contributed by atoms with E-state index >= 15 is 0 Å². The second-order valence-corrected chi connectivity index (χ2v) is 14.2. The summed E-state index contributed by atoms with van der Waals surface area (Å²) in [7, 11) is 0. The summed E-state index contributed by atoms with van der Waals surface area (Å²) in [5, 5.41) is 5.02. The minimum atomic E-state index is 0.520. The smallest absolute Gasteiger partial charge is 0.197 e. The molecule has 0 N–H and O–H groups in total. The molecule has 264 valence electrons. The molecule has 0 spiro atoms. The lowest BCUT2D eigenvalue weighted by atomic mass is 9.92. The molecule has 0 aliphatic heterocycles. The van der Waals surface area contributed by atoms with Crippen molar-refractivity contribution in [3.05, 3.63) is 199 Å². The van der Waals surface area contributed by atoms with Gasteiger partial charge in [0.15, 0.2) is 5.69 Å². The molecular weight excluding hydrogens is 695 g/mol. The summed E-state index contributed by atoms with van der Waals surface area (Å²) >= 11 is 0. The Morgan fingerprint density at radius 3 is 1.58 bits per heavy atom. The third-order valence-corrected chi connectivity index (χ3v) is 11.0. The molecule has 0 unspecified atom stereocenters. The first-order chi connectivity index (χ1) is 28.2. The molecular formula is C52H31N5. The van der Waals surface area contributed by atoms with E-state index in [0.29, 0.717) is 16.7 Å². The molecule has 0 radical (unpaired) electrons. The van der Waals surface area contributed by atoms with Crippen LogP contribution in [-0.4, -0.2) is 19.5 Å². The van der Waals surface area contributed by atoms with E-state index in [-0.39, 0.29) is 0 Å². The van der Waals surface area contributed by atoms with Gasteiger partial charge in [-0.05, 0) is 52.9 Å². The minimum Gasteiger partial charge on any atom is -0.309 e. The maximum atomic E-state index is 8.46. The van der Waals surface area contributed by atoms with Crippen molar-refractivity contribution in [2.75, 3.05) is 0 Å². The van der Waals surface area contributed by atoms with Crippen LogP contribution in [0.3, 0.4) is 0 Å². The van der Waals surface area contributed by atoms with E-state index in [0.717, 1.165) is 72.3 Å². The first-order valence-corrected chi connectivity index (χ1v) is 19.0. The van der Waals surface area contributed by atoms with Crippen LogP contribution in [0.1, 0.15) is 0 Å². The van der Waals surface area contributed by atoms with E-state index < -0.39 is 0 Å². The molecule has 0 saturated heterocycles. The minimum absolute atomic E-state index is 0.520. The Bertz CT molecular complexity index is 3340. The lowest BCUT2D eigenvalue weighted by molar-refractivity contribution is 1.18. The van der Waals surface area contributed by atoms with Crippen molar-refractivity contribution in [3.8, 4) is 50.6 Å². The maximum absolute atomic E-state index is 8.46. The van der Waals surface area contributed by atoms with Crippen LogP contribution in [0.15, 0.2) is 188 Å². The first-order valence-electron chi connectivity index (χ1n) is 19.0. The standard InChI is InChI=1S/C52H31N5/c1-53-43-32-44-52(56-50(35-18-6-3-7-19-35)49(55-44)34-16-4-2-5-17-34)48-47(43)41-24-10-13-25-42(41)54-51(48)40-23-9-8-20-37(40)33-28-30-36(31-29-33)57-45-26-14-11-21-38(45)39-22-12-15-27-46(39)57/h2-32H. The highest BCUT2D eigenvalue weighted by Crippen LogP contribution is 2.45. The van der Waals surface area contributed by atoms with Gasteiger partial charge in [0.25, 0.3) is 0 Å². The predicted octanol–water partition coefficient (Wildman–Crippen LogP) is 13.6. The number of para-hydroxylation sites is 3. The summed E-state index contributed by atoms with van der Waals surface area (Å²) in [5.41, 5.74) is 13.4. The summed E-state index contributed by atoms with van der Waals surface area (Å²) in [6.07, 6.45) is 0. The number of rotatable bonds is 5. The van der Waals surface area contributed by atoms with Crippen molar-refractivity contribution in [2.45, 2.75) is 0 Å². The highest BCUT2D eigenvalue weighted by atomic mass is 15.0. The zero-order valence-electron chi connectivity index (χ0n) is 30.6. The SMILES string of the molecule is [C-]#[N+]c1cc2nc(-c3ccccc3)c(-c3ccccc3)nc2c2c(-c3ccccc3-c3ccc(-n4c5ccccc5c5ccccc54)cc3)nc3ccccc3c12. The van der Waals surface area contributed by atoms with Crippen LogP contribution < -0.4 is 0 Å². The number of hydrogen-bond acceptors (Lipinski definition) is 3. The molecule has 11 rings (SSSR count). The number of nitrogens with zero attached hydrogens (tertiary/aromatic N) is 5. The van der Waals surface area contributed by atoms with Gasteiger partial charge in [-0.25, -0.2) is 19.8 Å². The van der Waals surface area contributed by atoms with Crippen LogP contribution in [0, 0.1) is 6.57 Å². The average molecular weight is 726 g/mol. The van der Waals surface area contributed by atoms with Gasteiger partial charge < -0.3 is 4.57 Å². The molecule has 0 bridgehead atoms. The highest BCUT2D eigenvalue weighted by Gasteiger charge is 2.23. The monoisotopic (exact) mass is 725 g/mol. The summed E-state index contributed by atoms with van der Waals surface area (Å²) in [5.74, 6) is 0. The van der Waals surface area contributed by atoms with Crippen LogP contribution in [0.5, 0.6) is 0 Å². The molecule has 11 aromatic rings. The quantitative estimate of drug-likeness (QED) is 0.131. The van der Waals surface area contributed by atoms with Crippen LogP contribution in [0.2, 0.25) is 0 Å². The fourth-order valence-corrected chi connectivity index (χ4v) is 8.45. The molecule has 3 heterocycles. The van der Waals surface area contributed by atoms with Crippen LogP contribution in [0.4, 0.5) is 5.69 Å². The van der Waals surface area contributed by atoms with Crippen molar-refractivity contribution in [2.24, 2.45) is 0 Å². The van der Waals surface area contributed by atoms with E-state index in [1.807, 2.05) is 60.7 Å². The van der Waals surface area contributed by atoms with Crippen LogP contribution in [0.25, 0.3) is 110 Å². The van der Waals surface area contributed by atoms with Gasteiger partial charge >= 0.3 is 0 Å². The van der Waals surface area contributed by atoms with E-state index in [1.165, 1.54) is 21.8 Å². The van der Waals surface area contributed by atoms with E-state index in [4.69, 9.17) is 21.5 Å². The number of hydrogen-bond donors (Lipinski definition) is 0. The van der Waals surface area contributed by atoms with E-state index in [2.05, 4.69) is 137 Å². The fraction of sp³-hybridized carbons (Fsp3) is 0. The highest BCUT2D eigenvalue weighted by molar-refractivity contribution is 6.25. The molecule has 0 fully saturated rings. The number of pyridine rings is 1. The molecule has 57 heavy (non-hydrogen) atoms. The molecule has 8 aromatic carbocycles. The molecule has 0 aliphatic rings. The molecule has 3 aromatic heterocycles. The van der Waals surface area contributed by atoms with Gasteiger partial charge in [-0.1, -0.05) is 152 Å². The van der Waals surface area contributed by atoms with Gasteiger partial charge in [-0.15, -0.1) is 0 Å². The van der Waals surface area contributed by atoms with Gasteiger partial charge in [0.2, 0.25) is 0 Å². The van der Waals surface area contributed by atoms with Crippen molar-refractivity contribution < 1.29 is 0 Å². The largest absolute Gasteiger partial charge is 0.309 e. The Labute approximate surface area is 328 Å². The second-order valence-electron chi connectivity index (χ2n) is 14.2. The van der Waals surface area contributed by atoms with Crippen molar-refractivity contribution >= 4 is 60.2 Å². The third kappa shape index (κ3) is 5.20. The fourth-order valence-electron chi connectivity index (χ4n) is 8.45. The third-order valence-electron chi connectivity index (χ3n) is 11.0. The van der Waals surface area contributed by atoms with Gasteiger partial charge in [0, 0.05) is 43.9 Å². The second kappa shape index (κ2) is 13.1. The summed E-state index contributed by atoms with van der Waals surface area (Å²) in [6, 6.07) is 64.7. The summed E-state index contributed by atoms with van der Waals surface area (Å²) in [4.78, 5) is 20.4. The van der Waals surface area contributed by atoms with Crippen molar-refractivity contribution in [3.63, 3.8) is 0 Å². The Morgan fingerprint density at radius 1 is 0.404 bits per heavy atom. The maximum Gasteiger partial charge on any atom is 0.197 e. The Kier molecular flexibility index (Phi) is 7.48. The zero-order valence-corrected chi connectivity index (χ0v) is 30.6. The van der Waals surface area contributed by atoms with Gasteiger partial charge in [0.05, 0.1) is 51.2 Å². The number of fused-ring (bicyclic) bond motifs is 8. The normalized spacial score (nSPS) is 11.5. The van der Waals surface area contributed by atoms with Crippen molar-refractivity contribution in [1.82, 2.24) is 19.5 Å². The molecule has 5 nitrogen and oxygen atoms in total. The van der Waals surface area contributed by atoms with Crippen LogP contribution in [-0.2, 0) is 0 Å². The average Bonchev–Trinajstić information content (AvgIpc) is 3.63. The molecule has 5 heteroatoms. The summed E-state index contributed by atoms with van der Waals surface area (Å²) in [6.45, 7) is 8.46. The number of benzene rings is 8. The Morgan fingerprint density at radius 2 is 0.930 bits per heavy atom. The van der Waals surface area contributed by atoms with Gasteiger partial charge in [0.1, 0.15) is 0 Å². The predicted molar refractivity (Wildman–Crippen MR) is 235 cm³/mol. The molecule has 0 amide bonds. The van der Waals surface area contributed by atoms with E-state index in [9.17, 15) is 0 Å². The van der Waals surface area contributed by atoms with Crippen molar-refractivity contribution in [1.29, 1.82) is 0 Å². The Balaban J connectivity index is 1.18. The topological polar surface area (TPSA) is 48.0 Å². The molecule has 0 atom stereocenters. The molecule has 0 saturated carbocycles. The number of aromatic nitrogens is 4. The lowest BCUT2D eigenvalue weighted by Crippen LogP contribution is -1.99. The molecule has 0 aliphatic carbocycles. The van der Waals surface area contributed by atoms with E-state index in [1.54, 1.807) is 0 Å². The van der Waals surface area contributed by atoms with Crippen LogP contribution >= 0.6 is 0 Å².